The van der Waals surface area contributed by atoms with Crippen LogP contribution in [0.4, 0.5) is 11.4 Å². The van der Waals surface area contributed by atoms with Crippen LogP contribution in [0.1, 0.15) is 12.0 Å². The van der Waals surface area contributed by atoms with Crippen molar-refractivity contribution < 1.29 is 17.9 Å². The summed E-state index contributed by atoms with van der Waals surface area (Å²) in [5.74, 6) is 0.352. The Morgan fingerprint density at radius 2 is 1.62 bits per heavy atom. The fraction of sp³-hybridized carbons (Fsp3) is 0.435. The summed E-state index contributed by atoms with van der Waals surface area (Å²) in [7, 11) is 5.40. The van der Waals surface area contributed by atoms with E-state index in [4.69, 9.17) is 4.74 Å². The van der Waals surface area contributed by atoms with Crippen molar-refractivity contribution in [2.75, 3.05) is 65.2 Å². The van der Waals surface area contributed by atoms with Crippen molar-refractivity contribution in [2.24, 2.45) is 0 Å². The lowest BCUT2D eigenvalue weighted by Gasteiger charge is -2.22. The van der Waals surface area contributed by atoms with Crippen LogP contribution in [0.15, 0.2) is 47.4 Å². The molecule has 0 aliphatic carbocycles. The second-order valence-electron chi connectivity index (χ2n) is 8.03. The Kier molecular flexibility index (Phi) is 9.06. The van der Waals surface area contributed by atoms with Gasteiger partial charge in [-0.05, 0) is 69.0 Å². The van der Waals surface area contributed by atoms with E-state index in [0.29, 0.717) is 17.0 Å². The zero-order chi connectivity index (χ0) is 23.9. The second-order valence-corrected chi connectivity index (χ2v) is 10.0. The minimum atomic E-state index is -3.70. The van der Waals surface area contributed by atoms with E-state index in [0.717, 1.165) is 18.8 Å². The average Bonchev–Trinajstić information content (AvgIpc) is 2.75. The van der Waals surface area contributed by atoms with E-state index in [1.54, 1.807) is 19.1 Å². The van der Waals surface area contributed by atoms with E-state index < -0.39 is 10.0 Å². The summed E-state index contributed by atoms with van der Waals surface area (Å²) >= 11 is 0. The summed E-state index contributed by atoms with van der Waals surface area (Å²) in [5, 5.41) is 2.83. The molecule has 0 aliphatic heterocycles. The zero-order valence-electron chi connectivity index (χ0n) is 19.8. The van der Waals surface area contributed by atoms with Gasteiger partial charge in [-0.1, -0.05) is 0 Å². The van der Waals surface area contributed by atoms with E-state index >= 15 is 0 Å². The highest BCUT2D eigenvalue weighted by Gasteiger charge is 2.23. The minimum Gasteiger partial charge on any atom is -0.497 e. The smallest absolute Gasteiger partial charge is 0.243 e. The van der Waals surface area contributed by atoms with E-state index in [1.165, 1.54) is 24.5 Å². The van der Waals surface area contributed by atoms with Gasteiger partial charge in [0.05, 0.1) is 12.0 Å². The molecule has 0 bridgehead atoms. The molecule has 0 saturated carbocycles. The SMILES string of the molecule is COc1ccc(S(=O)(=O)N(C)CCC(=O)Nc2ccc(N(C)CCN(C)C)cc2)c(C)c1. The van der Waals surface area contributed by atoms with Gasteiger partial charge in [-0.15, -0.1) is 0 Å². The summed E-state index contributed by atoms with van der Waals surface area (Å²) in [5.41, 5.74) is 2.33. The second kappa shape index (κ2) is 11.3. The van der Waals surface area contributed by atoms with E-state index in [-0.39, 0.29) is 23.8 Å². The summed E-state index contributed by atoms with van der Waals surface area (Å²) < 4.78 is 32.1. The first-order chi connectivity index (χ1) is 15.0. The molecule has 0 aromatic heterocycles. The van der Waals surface area contributed by atoms with Gasteiger partial charge in [-0.25, -0.2) is 12.7 Å². The number of sulfonamides is 1. The lowest BCUT2D eigenvalue weighted by Crippen LogP contribution is -2.30. The lowest BCUT2D eigenvalue weighted by molar-refractivity contribution is -0.116. The van der Waals surface area contributed by atoms with Gasteiger partial charge in [0.2, 0.25) is 15.9 Å². The third kappa shape index (κ3) is 6.94. The Hall–Kier alpha value is -2.62. The van der Waals surface area contributed by atoms with Crippen LogP contribution in [0, 0.1) is 6.92 Å². The molecule has 2 aromatic carbocycles. The van der Waals surface area contributed by atoms with Crippen molar-refractivity contribution in [2.45, 2.75) is 18.2 Å². The third-order valence-corrected chi connectivity index (χ3v) is 7.22. The molecule has 0 atom stereocenters. The van der Waals surface area contributed by atoms with Crippen LogP contribution in [0.2, 0.25) is 0 Å². The molecule has 32 heavy (non-hydrogen) atoms. The molecule has 8 nitrogen and oxygen atoms in total. The highest BCUT2D eigenvalue weighted by atomic mass is 32.2. The number of carbonyl (C=O) groups excluding carboxylic acids is 1. The van der Waals surface area contributed by atoms with E-state index in [1.807, 2.05) is 45.4 Å². The van der Waals surface area contributed by atoms with Crippen molar-refractivity contribution in [1.29, 1.82) is 0 Å². The topological polar surface area (TPSA) is 82.2 Å². The number of nitrogens with zero attached hydrogens (tertiary/aromatic N) is 3. The summed E-state index contributed by atoms with van der Waals surface area (Å²) in [4.78, 5) is 16.8. The van der Waals surface area contributed by atoms with Gasteiger partial charge in [-0.2, -0.15) is 0 Å². The van der Waals surface area contributed by atoms with Crippen molar-refractivity contribution in [3.8, 4) is 5.75 Å². The lowest BCUT2D eigenvalue weighted by atomic mass is 10.2. The molecule has 0 unspecified atom stereocenters. The molecule has 176 valence electrons. The maximum absolute atomic E-state index is 12.9. The predicted molar refractivity (Wildman–Crippen MR) is 129 cm³/mol. The summed E-state index contributed by atoms with van der Waals surface area (Å²) in [6.45, 7) is 3.64. The van der Waals surface area contributed by atoms with Gasteiger partial charge in [0, 0.05) is 51.5 Å². The number of benzene rings is 2. The number of ether oxygens (including phenoxy) is 1. The number of hydrogen-bond donors (Lipinski definition) is 1. The minimum absolute atomic E-state index is 0.0510. The number of methoxy groups -OCH3 is 1. The first-order valence-corrected chi connectivity index (χ1v) is 11.9. The number of amides is 1. The number of aryl methyl sites for hydroxylation is 1. The van der Waals surface area contributed by atoms with Crippen LogP contribution in [0.25, 0.3) is 0 Å². The first kappa shape index (κ1) is 25.6. The maximum Gasteiger partial charge on any atom is 0.243 e. The molecule has 0 radical (unpaired) electrons. The number of rotatable bonds is 11. The molecular weight excluding hydrogens is 428 g/mol. The van der Waals surface area contributed by atoms with Crippen LogP contribution < -0.4 is 15.0 Å². The quantitative estimate of drug-likeness (QED) is 0.553. The zero-order valence-corrected chi connectivity index (χ0v) is 20.6. The molecule has 0 aliphatic rings. The van der Waals surface area contributed by atoms with Crippen molar-refractivity contribution in [1.82, 2.24) is 9.21 Å². The molecule has 9 heteroatoms. The standard InChI is InChI=1S/C23H34N4O4S/c1-18-17-21(31-6)11-12-22(18)32(29,30)27(5)14-13-23(28)24-19-7-9-20(10-8-19)26(4)16-15-25(2)3/h7-12,17H,13-16H2,1-6H3,(H,24,28). The molecule has 2 aromatic rings. The fourth-order valence-corrected chi connectivity index (χ4v) is 4.46. The molecule has 2 rings (SSSR count). The van der Waals surface area contributed by atoms with Crippen LogP contribution in [-0.2, 0) is 14.8 Å². The first-order valence-electron chi connectivity index (χ1n) is 10.4. The monoisotopic (exact) mass is 462 g/mol. The van der Waals surface area contributed by atoms with Gasteiger partial charge < -0.3 is 19.9 Å². The normalized spacial score (nSPS) is 11.6. The maximum atomic E-state index is 12.9. The van der Waals surface area contributed by atoms with Gasteiger partial charge in [0.15, 0.2) is 0 Å². The number of carbonyl (C=O) groups is 1. The number of nitrogens with one attached hydrogen (secondary N) is 1. The Morgan fingerprint density at radius 3 is 2.19 bits per heavy atom. The molecule has 0 heterocycles. The van der Waals surface area contributed by atoms with Crippen LogP contribution in [-0.4, -0.2) is 78.5 Å². The predicted octanol–water partition coefficient (Wildman–Crippen LogP) is 2.65. The van der Waals surface area contributed by atoms with E-state index in [9.17, 15) is 13.2 Å². The Morgan fingerprint density at radius 1 is 0.969 bits per heavy atom. The Balaban J connectivity index is 1.92. The molecule has 0 spiro atoms. The molecule has 0 saturated heterocycles. The largest absolute Gasteiger partial charge is 0.497 e. The average molecular weight is 463 g/mol. The van der Waals surface area contributed by atoms with Crippen molar-refractivity contribution >= 4 is 27.3 Å². The Labute approximate surface area is 191 Å². The summed E-state index contributed by atoms with van der Waals surface area (Å²) in [6, 6.07) is 12.4. The van der Waals surface area contributed by atoms with E-state index in [2.05, 4.69) is 15.1 Å². The van der Waals surface area contributed by atoms with Crippen LogP contribution in [0.5, 0.6) is 5.75 Å². The van der Waals surface area contributed by atoms with Gasteiger partial charge in [-0.3, -0.25) is 4.79 Å². The fourth-order valence-electron chi connectivity index (χ4n) is 3.09. The Bertz CT molecular complexity index is 1010. The van der Waals surface area contributed by atoms with Gasteiger partial charge in [0.25, 0.3) is 0 Å². The van der Waals surface area contributed by atoms with Gasteiger partial charge >= 0.3 is 0 Å². The number of anilines is 2. The van der Waals surface area contributed by atoms with Crippen LogP contribution >= 0.6 is 0 Å². The molecule has 1 N–H and O–H groups in total. The highest BCUT2D eigenvalue weighted by molar-refractivity contribution is 7.89. The van der Waals surface area contributed by atoms with Gasteiger partial charge in [0.1, 0.15) is 5.75 Å². The van der Waals surface area contributed by atoms with Crippen molar-refractivity contribution in [3.05, 3.63) is 48.0 Å². The number of hydrogen-bond acceptors (Lipinski definition) is 6. The van der Waals surface area contributed by atoms with Crippen LogP contribution in [0.3, 0.4) is 0 Å². The number of likely N-dealkylation sites (N-methyl/N-ethyl adjacent to an activating group) is 2. The highest BCUT2D eigenvalue weighted by Crippen LogP contribution is 2.23. The van der Waals surface area contributed by atoms with Crippen molar-refractivity contribution in [3.63, 3.8) is 0 Å². The third-order valence-electron chi connectivity index (χ3n) is 5.20. The molecule has 1 amide bonds. The summed E-state index contributed by atoms with van der Waals surface area (Å²) in [6.07, 6.45) is 0.0510. The molecular formula is C23H34N4O4S. The molecule has 0 fully saturated rings.